The number of hydrogen-bond acceptors (Lipinski definition) is 0. The quantitative estimate of drug-likeness (QED) is 0.443. The van der Waals surface area contributed by atoms with Crippen molar-refractivity contribution in [2.75, 3.05) is 0 Å². The molecule has 0 saturated heterocycles. The van der Waals surface area contributed by atoms with E-state index in [1.807, 2.05) is 13.0 Å². The van der Waals surface area contributed by atoms with Gasteiger partial charge in [0.1, 0.15) is 0 Å². The second kappa shape index (κ2) is 9.85. The monoisotopic (exact) mass is 374 g/mol. The van der Waals surface area contributed by atoms with Crippen molar-refractivity contribution in [1.29, 1.82) is 0 Å². The molecule has 1 aromatic rings. The average Bonchev–Trinajstić information content (AvgIpc) is 2.71. The predicted molar refractivity (Wildman–Crippen MR) is 110 cm³/mol. The van der Waals surface area contributed by atoms with Gasteiger partial charge in [0.2, 0.25) is 0 Å². The Morgan fingerprint density at radius 1 is 0.889 bits per heavy atom. The van der Waals surface area contributed by atoms with Gasteiger partial charge >= 0.3 is 0 Å². The fourth-order valence-electron chi connectivity index (χ4n) is 5.54. The Morgan fingerprint density at radius 3 is 2.11 bits per heavy atom. The van der Waals surface area contributed by atoms with Crippen molar-refractivity contribution in [2.24, 2.45) is 17.8 Å². The number of hydrogen-bond donors (Lipinski definition) is 0. The summed E-state index contributed by atoms with van der Waals surface area (Å²) in [7, 11) is 0. The minimum absolute atomic E-state index is 0.207. The van der Waals surface area contributed by atoms with Crippen molar-refractivity contribution in [1.82, 2.24) is 0 Å². The van der Waals surface area contributed by atoms with Gasteiger partial charge in [-0.05, 0) is 99.5 Å². The molecule has 0 aromatic heterocycles. The van der Waals surface area contributed by atoms with Gasteiger partial charge in [0.25, 0.3) is 0 Å². The Kier molecular flexibility index (Phi) is 7.49. The molecule has 2 saturated carbocycles. The third-order valence-corrected chi connectivity index (χ3v) is 7.32. The average molecular weight is 375 g/mol. The maximum atomic E-state index is 14.5. The largest absolute Gasteiger partial charge is 0.203 e. The van der Waals surface area contributed by atoms with Gasteiger partial charge in [-0.2, -0.15) is 0 Å². The lowest BCUT2D eigenvalue weighted by atomic mass is 9.68. The fraction of sp³-hybridized carbons (Fsp3) is 0.680. The van der Waals surface area contributed by atoms with Crippen molar-refractivity contribution in [3.05, 3.63) is 47.0 Å². The zero-order valence-electron chi connectivity index (χ0n) is 17.2. The Labute approximate surface area is 164 Å². The molecular formula is C25H36F2. The molecule has 0 amide bonds. The van der Waals surface area contributed by atoms with Gasteiger partial charge < -0.3 is 0 Å². The molecule has 2 aliphatic rings. The van der Waals surface area contributed by atoms with Crippen LogP contribution in [0.15, 0.2) is 24.3 Å². The second-order valence-corrected chi connectivity index (χ2v) is 8.83. The minimum atomic E-state index is -0.617. The highest BCUT2D eigenvalue weighted by Crippen LogP contribution is 2.45. The van der Waals surface area contributed by atoms with E-state index in [0.717, 1.165) is 30.6 Å². The van der Waals surface area contributed by atoms with E-state index < -0.39 is 11.6 Å². The second-order valence-electron chi connectivity index (χ2n) is 8.83. The zero-order valence-corrected chi connectivity index (χ0v) is 17.2. The first kappa shape index (κ1) is 20.6. The van der Waals surface area contributed by atoms with Gasteiger partial charge in [0.05, 0.1) is 0 Å². The lowest BCUT2D eigenvalue weighted by Gasteiger charge is -2.38. The maximum absolute atomic E-state index is 14.5. The van der Waals surface area contributed by atoms with E-state index in [1.165, 1.54) is 51.4 Å². The Hall–Kier alpha value is -1.18. The predicted octanol–water partition coefficient (Wildman–Crippen LogP) is 7.96. The van der Waals surface area contributed by atoms with Crippen LogP contribution >= 0.6 is 0 Å². The zero-order chi connectivity index (χ0) is 19.2. The summed E-state index contributed by atoms with van der Waals surface area (Å²) >= 11 is 0. The lowest BCUT2D eigenvalue weighted by Crippen LogP contribution is -2.25. The molecule has 1 aromatic carbocycles. The normalized spacial score (nSPS) is 29.3. The molecule has 150 valence electrons. The molecular weight excluding hydrogens is 338 g/mol. The summed E-state index contributed by atoms with van der Waals surface area (Å²) in [6.45, 7) is 3.98. The van der Waals surface area contributed by atoms with E-state index in [0.29, 0.717) is 17.5 Å². The number of aryl methyl sites for hydroxylation is 1. The van der Waals surface area contributed by atoms with Gasteiger partial charge in [-0.1, -0.05) is 44.1 Å². The van der Waals surface area contributed by atoms with Crippen molar-refractivity contribution in [2.45, 2.75) is 90.4 Å². The third-order valence-electron chi connectivity index (χ3n) is 7.32. The van der Waals surface area contributed by atoms with Gasteiger partial charge in [-0.3, -0.25) is 0 Å². The summed E-state index contributed by atoms with van der Waals surface area (Å²) in [5, 5.41) is 0. The number of halogens is 2. The highest BCUT2D eigenvalue weighted by molar-refractivity contribution is 5.29. The maximum Gasteiger partial charge on any atom is 0.162 e. The Bertz CT molecular complexity index is 617. The smallest absolute Gasteiger partial charge is 0.162 e. The molecule has 0 nitrogen and oxygen atoms in total. The molecule has 2 heteroatoms. The first-order valence-corrected chi connectivity index (χ1v) is 11.2. The Morgan fingerprint density at radius 2 is 1.52 bits per heavy atom. The van der Waals surface area contributed by atoms with Crippen molar-refractivity contribution in [3.8, 4) is 0 Å². The fourth-order valence-corrected chi connectivity index (χ4v) is 5.54. The summed E-state index contributed by atoms with van der Waals surface area (Å²) < 4.78 is 28.6. The number of rotatable bonds is 6. The summed E-state index contributed by atoms with van der Waals surface area (Å²) in [6, 6.07) is 3.63. The van der Waals surface area contributed by atoms with E-state index in [9.17, 15) is 8.78 Å². The summed E-state index contributed by atoms with van der Waals surface area (Å²) in [6.07, 6.45) is 17.5. The van der Waals surface area contributed by atoms with E-state index in [2.05, 4.69) is 19.1 Å². The van der Waals surface area contributed by atoms with Crippen LogP contribution in [0.1, 0.15) is 95.1 Å². The molecule has 27 heavy (non-hydrogen) atoms. The number of allylic oxidation sites excluding steroid dienone is 2. The van der Waals surface area contributed by atoms with Crippen LogP contribution in [-0.2, 0) is 6.42 Å². The summed E-state index contributed by atoms with van der Waals surface area (Å²) in [5.41, 5.74) is 1.12. The van der Waals surface area contributed by atoms with Crippen LogP contribution in [0.2, 0.25) is 0 Å². The Balaban J connectivity index is 1.49. The van der Waals surface area contributed by atoms with Crippen LogP contribution in [0.3, 0.4) is 0 Å². The highest BCUT2D eigenvalue weighted by atomic mass is 19.2. The van der Waals surface area contributed by atoms with E-state index in [4.69, 9.17) is 0 Å². The molecule has 0 bridgehead atoms. The molecule has 0 heterocycles. The van der Waals surface area contributed by atoms with Gasteiger partial charge in [-0.15, -0.1) is 0 Å². The minimum Gasteiger partial charge on any atom is -0.203 e. The standard InChI is InChI=1S/C25H36F2/c1-3-5-6-7-18-8-10-20(11-9-18)21-12-14-22(15-13-21)23-17-16-19(4-2)24(26)25(23)27/h3,5,16-18,20-22H,4,6-15H2,1-2H3. The summed E-state index contributed by atoms with van der Waals surface area (Å²) in [4.78, 5) is 0. The molecule has 0 spiro atoms. The highest BCUT2D eigenvalue weighted by Gasteiger charge is 2.32. The lowest BCUT2D eigenvalue weighted by molar-refractivity contribution is 0.156. The first-order valence-electron chi connectivity index (χ1n) is 11.2. The number of benzene rings is 1. The molecule has 2 aliphatic carbocycles. The van der Waals surface area contributed by atoms with E-state index in [-0.39, 0.29) is 5.92 Å². The SMILES string of the molecule is CC=CCCC1CCC(C2CCC(c3ccc(CC)c(F)c3F)CC2)CC1. The molecule has 0 atom stereocenters. The van der Waals surface area contributed by atoms with Crippen LogP contribution in [0.25, 0.3) is 0 Å². The summed E-state index contributed by atoms with van der Waals surface area (Å²) in [5.74, 6) is 1.60. The molecule has 0 unspecified atom stereocenters. The molecule has 0 N–H and O–H groups in total. The van der Waals surface area contributed by atoms with Crippen LogP contribution in [0.5, 0.6) is 0 Å². The first-order chi connectivity index (χ1) is 13.1. The molecule has 0 radical (unpaired) electrons. The molecule has 3 rings (SSSR count). The van der Waals surface area contributed by atoms with Crippen molar-refractivity contribution < 1.29 is 8.78 Å². The van der Waals surface area contributed by atoms with E-state index >= 15 is 0 Å². The third kappa shape index (κ3) is 5.00. The van der Waals surface area contributed by atoms with Crippen molar-refractivity contribution in [3.63, 3.8) is 0 Å². The molecule has 2 fully saturated rings. The van der Waals surface area contributed by atoms with Gasteiger partial charge in [-0.25, -0.2) is 8.78 Å². The van der Waals surface area contributed by atoms with Crippen LogP contribution < -0.4 is 0 Å². The van der Waals surface area contributed by atoms with Crippen LogP contribution in [0.4, 0.5) is 8.78 Å². The van der Waals surface area contributed by atoms with E-state index in [1.54, 1.807) is 6.07 Å². The topological polar surface area (TPSA) is 0 Å². The van der Waals surface area contributed by atoms with Gasteiger partial charge in [0, 0.05) is 0 Å². The molecule has 0 aliphatic heterocycles. The van der Waals surface area contributed by atoms with Crippen molar-refractivity contribution >= 4 is 0 Å². The van der Waals surface area contributed by atoms with Gasteiger partial charge in [0.15, 0.2) is 11.6 Å². The van der Waals surface area contributed by atoms with Crippen LogP contribution in [0, 0.1) is 29.4 Å². The van der Waals surface area contributed by atoms with Crippen LogP contribution in [-0.4, -0.2) is 0 Å².